The van der Waals surface area contributed by atoms with Crippen molar-refractivity contribution in [3.63, 3.8) is 0 Å². The number of azide groups is 1. The van der Waals surface area contributed by atoms with E-state index in [0.717, 1.165) is 0 Å². The van der Waals surface area contributed by atoms with Crippen molar-refractivity contribution in [3.05, 3.63) is 34.2 Å². The normalized spacial score (nSPS) is 9.22. The summed E-state index contributed by atoms with van der Waals surface area (Å²) in [5.74, 6) is 0.436. The molecule has 1 aromatic carbocycles. The Morgan fingerprint density at radius 2 is 2.17 bits per heavy atom. The van der Waals surface area contributed by atoms with E-state index in [2.05, 4.69) is 14.8 Å². The number of nitrogens with zero attached hydrogens (tertiary/aromatic N) is 3. The monoisotopic (exact) mass is 251 g/mol. The van der Waals surface area contributed by atoms with Crippen molar-refractivity contribution in [2.45, 2.75) is 0 Å². The van der Waals surface area contributed by atoms with Crippen LogP contribution < -0.4 is 9.47 Å². The van der Waals surface area contributed by atoms with Gasteiger partial charge in [0.15, 0.2) is 11.5 Å². The summed E-state index contributed by atoms with van der Waals surface area (Å²) in [4.78, 5) is 13.9. The molecule has 18 heavy (non-hydrogen) atoms. The first-order valence-electron chi connectivity index (χ1n) is 5.13. The fourth-order valence-electron chi connectivity index (χ4n) is 1.27. The predicted molar refractivity (Wildman–Crippen MR) is 63.8 cm³/mol. The molecule has 0 bridgehead atoms. The van der Waals surface area contributed by atoms with Crippen molar-refractivity contribution in [2.75, 3.05) is 27.4 Å². The van der Waals surface area contributed by atoms with Crippen LogP contribution in [0.25, 0.3) is 10.4 Å². The number of carbonyl (C=O) groups excluding carboxylic acids is 1. The minimum Gasteiger partial charge on any atom is -0.493 e. The quantitative estimate of drug-likeness (QED) is 0.254. The molecule has 7 heteroatoms. The van der Waals surface area contributed by atoms with E-state index in [1.54, 1.807) is 12.1 Å². The van der Waals surface area contributed by atoms with Crippen LogP contribution in [-0.2, 0) is 4.74 Å². The number of ether oxygens (including phenoxy) is 3. The summed E-state index contributed by atoms with van der Waals surface area (Å²) in [6.07, 6.45) is 0. The van der Waals surface area contributed by atoms with Gasteiger partial charge < -0.3 is 14.2 Å². The van der Waals surface area contributed by atoms with Crippen molar-refractivity contribution in [1.82, 2.24) is 0 Å². The van der Waals surface area contributed by atoms with E-state index in [-0.39, 0.29) is 13.2 Å². The third-order valence-corrected chi connectivity index (χ3v) is 2.10. The van der Waals surface area contributed by atoms with Crippen molar-refractivity contribution < 1.29 is 19.0 Å². The Kier molecular flexibility index (Phi) is 5.34. The van der Waals surface area contributed by atoms with Gasteiger partial charge in [-0.1, -0.05) is 5.11 Å². The van der Waals surface area contributed by atoms with Gasteiger partial charge in [0.25, 0.3) is 0 Å². The van der Waals surface area contributed by atoms with Crippen molar-refractivity contribution in [1.29, 1.82) is 0 Å². The van der Waals surface area contributed by atoms with Crippen LogP contribution in [0.2, 0.25) is 0 Å². The molecule has 0 amide bonds. The zero-order chi connectivity index (χ0) is 13.4. The van der Waals surface area contributed by atoms with Crippen LogP contribution in [0.4, 0.5) is 0 Å². The maximum atomic E-state index is 11.3. The Morgan fingerprint density at radius 3 is 2.78 bits per heavy atom. The third-order valence-electron chi connectivity index (χ3n) is 2.10. The molecular formula is C11H13N3O4. The molecule has 0 aliphatic heterocycles. The van der Waals surface area contributed by atoms with Gasteiger partial charge in [0, 0.05) is 4.91 Å². The van der Waals surface area contributed by atoms with Gasteiger partial charge >= 0.3 is 5.97 Å². The number of hydrogen-bond donors (Lipinski definition) is 0. The van der Waals surface area contributed by atoms with Gasteiger partial charge in [-0.05, 0) is 23.7 Å². The molecule has 1 rings (SSSR count). The maximum absolute atomic E-state index is 11.3. The summed E-state index contributed by atoms with van der Waals surface area (Å²) in [5, 5.41) is 3.34. The molecular weight excluding hydrogens is 238 g/mol. The van der Waals surface area contributed by atoms with Gasteiger partial charge in [0.2, 0.25) is 0 Å². The lowest BCUT2D eigenvalue weighted by Crippen LogP contribution is -2.05. The van der Waals surface area contributed by atoms with E-state index in [1.165, 1.54) is 20.3 Å². The van der Waals surface area contributed by atoms with Gasteiger partial charge in [0.1, 0.15) is 0 Å². The zero-order valence-corrected chi connectivity index (χ0v) is 10.1. The summed E-state index contributed by atoms with van der Waals surface area (Å²) >= 11 is 0. The van der Waals surface area contributed by atoms with E-state index in [9.17, 15) is 4.79 Å². The minimum atomic E-state index is -0.450. The van der Waals surface area contributed by atoms with Crippen LogP contribution in [0.5, 0.6) is 11.5 Å². The lowest BCUT2D eigenvalue weighted by Gasteiger charge is -2.10. The van der Waals surface area contributed by atoms with Crippen LogP contribution in [0, 0.1) is 0 Å². The molecule has 0 aromatic heterocycles. The highest BCUT2D eigenvalue weighted by Gasteiger charge is 2.10. The smallest absolute Gasteiger partial charge is 0.337 e. The summed E-state index contributed by atoms with van der Waals surface area (Å²) in [6, 6.07) is 4.69. The second-order valence-electron chi connectivity index (χ2n) is 3.16. The van der Waals surface area contributed by atoms with Gasteiger partial charge in [-0.3, -0.25) is 0 Å². The second-order valence-corrected chi connectivity index (χ2v) is 3.16. The molecule has 7 nitrogen and oxygen atoms in total. The Bertz CT molecular complexity index is 469. The van der Waals surface area contributed by atoms with Gasteiger partial charge in [0.05, 0.1) is 32.9 Å². The second kappa shape index (κ2) is 7.03. The van der Waals surface area contributed by atoms with Crippen molar-refractivity contribution >= 4 is 5.97 Å². The van der Waals surface area contributed by atoms with Crippen molar-refractivity contribution in [2.24, 2.45) is 5.11 Å². The van der Waals surface area contributed by atoms with Gasteiger partial charge in [-0.25, -0.2) is 4.79 Å². The van der Waals surface area contributed by atoms with Crippen molar-refractivity contribution in [3.8, 4) is 11.5 Å². The Labute approximate surface area is 104 Å². The molecule has 0 aliphatic carbocycles. The first kappa shape index (κ1) is 13.7. The number of esters is 1. The van der Waals surface area contributed by atoms with E-state index < -0.39 is 5.97 Å². The van der Waals surface area contributed by atoms with Gasteiger partial charge in [-0.2, -0.15) is 0 Å². The molecule has 0 aliphatic rings. The standard InChI is InChI=1S/C11H13N3O4/c1-16-10-7-8(11(15)17-2)3-4-9(10)18-6-5-13-14-12/h3-4,7H,5-6H2,1-2H3. The molecule has 0 spiro atoms. The number of methoxy groups -OCH3 is 2. The SMILES string of the molecule is COC(=O)c1ccc(OCCN=[N+]=[N-])c(OC)c1. The number of benzene rings is 1. The molecule has 0 radical (unpaired) electrons. The highest BCUT2D eigenvalue weighted by Crippen LogP contribution is 2.28. The molecule has 0 atom stereocenters. The number of carbonyl (C=O) groups is 1. The van der Waals surface area contributed by atoms with E-state index in [1.807, 2.05) is 0 Å². The highest BCUT2D eigenvalue weighted by atomic mass is 16.5. The summed E-state index contributed by atoms with van der Waals surface area (Å²) < 4.78 is 15.1. The molecule has 0 heterocycles. The Morgan fingerprint density at radius 1 is 1.39 bits per heavy atom. The molecule has 0 fully saturated rings. The van der Waals surface area contributed by atoms with Crippen LogP contribution >= 0.6 is 0 Å². The van der Waals surface area contributed by atoms with Crippen LogP contribution in [0.3, 0.4) is 0 Å². The molecule has 96 valence electrons. The molecule has 0 saturated heterocycles. The van der Waals surface area contributed by atoms with E-state index >= 15 is 0 Å². The van der Waals surface area contributed by atoms with Crippen LogP contribution in [0.1, 0.15) is 10.4 Å². The molecule has 1 aromatic rings. The lowest BCUT2D eigenvalue weighted by molar-refractivity contribution is 0.0600. The first-order valence-corrected chi connectivity index (χ1v) is 5.13. The summed E-state index contributed by atoms with van der Waals surface area (Å²) in [5.41, 5.74) is 8.49. The first-order chi connectivity index (χ1) is 8.72. The van der Waals surface area contributed by atoms with Gasteiger partial charge in [-0.15, -0.1) is 0 Å². The Hall–Kier alpha value is -2.40. The number of rotatable bonds is 6. The van der Waals surface area contributed by atoms with E-state index in [0.29, 0.717) is 17.1 Å². The molecule has 0 saturated carbocycles. The minimum absolute atomic E-state index is 0.221. The average Bonchev–Trinajstić information content (AvgIpc) is 2.42. The fraction of sp³-hybridized carbons (Fsp3) is 0.364. The Balaban J connectivity index is 2.79. The zero-order valence-electron chi connectivity index (χ0n) is 10.1. The lowest BCUT2D eigenvalue weighted by atomic mass is 10.2. The largest absolute Gasteiger partial charge is 0.493 e. The maximum Gasteiger partial charge on any atom is 0.337 e. The topological polar surface area (TPSA) is 93.5 Å². The average molecular weight is 251 g/mol. The van der Waals surface area contributed by atoms with Crippen LogP contribution in [-0.4, -0.2) is 33.3 Å². The van der Waals surface area contributed by atoms with E-state index in [4.69, 9.17) is 15.0 Å². The highest BCUT2D eigenvalue weighted by molar-refractivity contribution is 5.90. The summed E-state index contributed by atoms with van der Waals surface area (Å²) in [7, 11) is 2.77. The fourth-order valence-corrected chi connectivity index (χ4v) is 1.27. The van der Waals surface area contributed by atoms with Crippen LogP contribution in [0.15, 0.2) is 23.3 Å². The summed E-state index contributed by atoms with van der Waals surface area (Å²) in [6.45, 7) is 0.455. The molecule has 0 unspecified atom stereocenters. The molecule has 0 N–H and O–H groups in total. The predicted octanol–water partition coefficient (Wildman–Crippen LogP) is 2.17. The number of hydrogen-bond acceptors (Lipinski definition) is 5. The third kappa shape index (κ3) is 3.57.